The van der Waals surface area contributed by atoms with Crippen LogP contribution >= 0.6 is 0 Å². The van der Waals surface area contributed by atoms with E-state index >= 15 is 0 Å². The molecule has 0 fully saturated rings. The summed E-state index contributed by atoms with van der Waals surface area (Å²) in [6.07, 6.45) is 0. The Hall–Kier alpha value is -1.60. The van der Waals surface area contributed by atoms with Crippen LogP contribution in [0.25, 0.3) is 0 Å². The first-order chi connectivity index (χ1) is 7.86. The Morgan fingerprint density at radius 3 is 2.29 bits per heavy atom. The molecule has 0 aliphatic heterocycles. The van der Waals surface area contributed by atoms with Crippen molar-refractivity contribution in [3.63, 3.8) is 0 Å². The van der Waals surface area contributed by atoms with Crippen LogP contribution in [0, 0.1) is 6.92 Å². The van der Waals surface area contributed by atoms with Crippen molar-refractivity contribution in [1.29, 1.82) is 0 Å². The molecule has 0 saturated heterocycles. The molecular formula is C10H14N2O4S. The van der Waals surface area contributed by atoms with Gasteiger partial charge in [0.2, 0.25) is 0 Å². The number of hydrogen-bond donors (Lipinski definition) is 2. The number of carboxylic acid groups (broad SMARTS) is 1. The average Bonchev–Trinajstić information content (AvgIpc) is 2.27. The van der Waals surface area contributed by atoms with Crippen LogP contribution in [0.2, 0.25) is 0 Å². The van der Waals surface area contributed by atoms with Crippen LogP contribution in [-0.4, -0.2) is 33.1 Å². The number of anilines is 1. The van der Waals surface area contributed by atoms with Gasteiger partial charge in [0, 0.05) is 7.05 Å². The molecule has 1 aromatic carbocycles. The third kappa shape index (κ3) is 3.43. The molecule has 1 aromatic rings. The van der Waals surface area contributed by atoms with Crippen molar-refractivity contribution >= 4 is 21.9 Å². The van der Waals surface area contributed by atoms with Gasteiger partial charge >= 0.3 is 16.2 Å². The van der Waals surface area contributed by atoms with Gasteiger partial charge in [0.05, 0.1) is 5.69 Å². The van der Waals surface area contributed by atoms with Gasteiger partial charge in [-0.25, -0.2) is 9.03 Å². The zero-order chi connectivity index (χ0) is 13.1. The minimum atomic E-state index is -3.82. The molecule has 0 aromatic heterocycles. The SMILES string of the molecule is CNS(=O)(=O)N(CC(=O)O)c1ccc(C)cc1. The molecule has 0 bridgehead atoms. The highest BCUT2D eigenvalue weighted by Gasteiger charge is 2.22. The van der Waals surface area contributed by atoms with E-state index in [2.05, 4.69) is 4.72 Å². The maximum Gasteiger partial charge on any atom is 0.324 e. The lowest BCUT2D eigenvalue weighted by Crippen LogP contribution is -2.42. The van der Waals surface area contributed by atoms with Crippen LogP contribution in [0.4, 0.5) is 5.69 Å². The number of benzene rings is 1. The second-order valence-electron chi connectivity index (χ2n) is 3.45. The third-order valence-corrected chi connectivity index (χ3v) is 3.59. The van der Waals surface area contributed by atoms with E-state index in [1.807, 2.05) is 6.92 Å². The number of carbonyl (C=O) groups is 1. The van der Waals surface area contributed by atoms with Gasteiger partial charge < -0.3 is 5.11 Å². The maximum absolute atomic E-state index is 11.7. The number of aryl methyl sites for hydroxylation is 1. The lowest BCUT2D eigenvalue weighted by atomic mass is 10.2. The van der Waals surface area contributed by atoms with Gasteiger partial charge in [0.25, 0.3) is 0 Å². The second kappa shape index (κ2) is 5.15. The molecule has 6 nitrogen and oxygen atoms in total. The first-order valence-electron chi connectivity index (χ1n) is 4.86. The van der Waals surface area contributed by atoms with E-state index in [0.717, 1.165) is 9.87 Å². The summed E-state index contributed by atoms with van der Waals surface area (Å²) in [5, 5.41) is 8.72. The van der Waals surface area contributed by atoms with E-state index < -0.39 is 22.7 Å². The zero-order valence-electron chi connectivity index (χ0n) is 9.54. The standard InChI is InChI=1S/C10H14N2O4S/c1-8-3-5-9(6-4-8)12(7-10(13)14)17(15,16)11-2/h3-6,11H,7H2,1-2H3,(H,13,14). The fourth-order valence-corrected chi connectivity index (χ4v) is 2.16. The predicted octanol–water partition coefficient (Wildman–Crippen LogP) is 0.350. The summed E-state index contributed by atoms with van der Waals surface area (Å²) in [7, 11) is -2.58. The Bertz CT molecular complexity index is 496. The summed E-state index contributed by atoms with van der Waals surface area (Å²) in [5.74, 6) is -1.22. The van der Waals surface area contributed by atoms with Crippen molar-refractivity contribution in [3.8, 4) is 0 Å². The molecule has 0 radical (unpaired) electrons. The molecule has 7 heteroatoms. The molecule has 0 atom stereocenters. The van der Waals surface area contributed by atoms with Crippen molar-refractivity contribution in [1.82, 2.24) is 4.72 Å². The van der Waals surface area contributed by atoms with Gasteiger partial charge in [-0.1, -0.05) is 17.7 Å². The highest BCUT2D eigenvalue weighted by molar-refractivity contribution is 7.90. The molecule has 0 heterocycles. The average molecular weight is 258 g/mol. The lowest BCUT2D eigenvalue weighted by Gasteiger charge is -2.21. The Labute approximate surface area is 100 Å². The first kappa shape index (κ1) is 13.5. The largest absolute Gasteiger partial charge is 0.480 e. The summed E-state index contributed by atoms with van der Waals surface area (Å²) < 4.78 is 26.2. The minimum absolute atomic E-state index is 0.312. The highest BCUT2D eigenvalue weighted by Crippen LogP contribution is 2.17. The van der Waals surface area contributed by atoms with Crippen LogP contribution in [0.15, 0.2) is 24.3 Å². The van der Waals surface area contributed by atoms with Crippen molar-refractivity contribution in [2.24, 2.45) is 0 Å². The fraction of sp³-hybridized carbons (Fsp3) is 0.300. The number of hydrogen-bond acceptors (Lipinski definition) is 3. The van der Waals surface area contributed by atoms with Gasteiger partial charge in [0.15, 0.2) is 0 Å². The summed E-state index contributed by atoms with van der Waals surface area (Å²) in [6.45, 7) is 1.24. The summed E-state index contributed by atoms with van der Waals surface area (Å²) in [4.78, 5) is 10.7. The number of nitrogens with one attached hydrogen (secondary N) is 1. The van der Waals surface area contributed by atoms with E-state index in [4.69, 9.17) is 5.11 Å². The molecule has 0 aliphatic carbocycles. The summed E-state index contributed by atoms with van der Waals surface area (Å²) in [5.41, 5.74) is 1.28. The first-order valence-corrected chi connectivity index (χ1v) is 6.30. The van der Waals surface area contributed by atoms with E-state index in [9.17, 15) is 13.2 Å². The molecular weight excluding hydrogens is 244 g/mol. The van der Waals surface area contributed by atoms with E-state index in [-0.39, 0.29) is 0 Å². The summed E-state index contributed by atoms with van der Waals surface area (Å²) in [6, 6.07) is 6.56. The number of nitrogens with zero attached hydrogens (tertiary/aromatic N) is 1. The maximum atomic E-state index is 11.7. The van der Waals surface area contributed by atoms with Crippen LogP contribution in [0.3, 0.4) is 0 Å². The van der Waals surface area contributed by atoms with Crippen molar-refractivity contribution in [2.45, 2.75) is 6.92 Å². The van der Waals surface area contributed by atoms with Gasteiger partial charge in [-0.3, -0.25) is 4.79 Å². The minimum Gasteiger partial charge on any atom is -0.480 e. The molecule has 0 saturated carbocycles. The molecule has 0 amide bonds. The van der Waals surface area contributed by atoms with Gasteiger partial charge in [-0.2, -0.15) is 8.42 Å². The van der Waals surface area contributed by atoms with Crippen LogP contribution in [0.5, 0.6) is 0 Å². The van der Waals surface area contributed by atoms with Crippen molar-refractivity contribution < 1.29 is 18.3 Å². The quantitative estimate of drug-likeness (QED) is 0.798. The smallest absolute Gasteiger partial charge is 0.324 e. The van der Waals surface area contributed by atoms with Gasteiger partial charge in [-0.05, 0) is 19.1 Å². The number of carboxylic acids is 1. The highest BCUT2D eigenvalue weighted by atomic mass is 32.2. The molecule has 0 unspecified atom stereocenters. The number of rotatable bonds is 5. The lowest BCUT2D eigenvalue weighted by molar-refractivity contribution is -0.135. The van der Waals surface area contributed by atoms with Crippen molar-refractivity contribution in [2.75, 3.05) is 17.9 Å². The molecule has 17 heavy (non-hydrogen) atoms. The van der Waals surface area contributed by atoms with E-state index in [1.54, 1.807) is 24.3 Å². The third-order valence-electron chi connectivity index (χ3n) is 2.15. The second-order valence-corrected chi connectivity index (χ2v) is 5.24. The zero-order valence-corrected chi connectivity index (χ0v) is 10.4. The molecule has 1 rings (SSSR count). The van der Waals surface area contributed by atoms with Crippen LogP contribution < -0.4 is 9.03 Å². The fourth-order valence-electron chi connectivity index (χ4n) is 1.26. The normalized spacial score (nSPS) is 11.2. The molecule has 0 spiro atoms. The Morgan fingerprint density at radius 2 is 1.88 bits per heavy atom. The molecule has 94 valence electrons. The predicted molar refractivity (Wildman–Crippen MR) is 64.1 cm³/mol. The Kier molecular flexibility index (Phi) is 4.08. The monoisotopic (exact) mass is 258 g/mol. The summed E-state index contributed by atoms with van der Waals surface area (Å²) >= 11 is 0. The van der Waals surface area contributed by atoms with Gasteiger partial charge in [-0.15, -0.1) is 0 Å². The van der Waals surface area contributed by atoms with Crippen LogP contribution in [0.1, 0.15) is 5.56 Å². The Morgan fingerprint density at radius 1 is 1.35 bits per heavy atom. The molecule has 0 aliphatic rings. The Balaban J connectivity index is 3.15. The molecule has 2 N–H and O–H groups in total. The van der Waals surface area contributed by atoms with Crippen molar-refractivity contribution in [3.05, 3.63) is 29.8 Å². The van der Waals surface area contributed by atoms with Crippen LogP contribution in [-0.2, 0) is 15.0 Å². The van der Waals surface area contributed by atoms with E-state index in [1.165, 1.54) is 7.05 Å². The van der Waals surface area contributed by atoms with Gasteiger partial charge in [0.1, 0.15) is 6.54 Å². The van der Waals surface area contributed by atoms with E-state index in [0.29, 0.717) is 5.69 Å². The topological polar surface area (TPSA) is 86.7 Å². The number of aliphatic carboxylic acids is 1.